The number of carbonyl (C=O) groups is 4. The Bertz CT molecular complexity index is 567. The van der Waals surface area contributed by atoms with E-state index in [2.05, 4.69) is 13.8 Å². The van der Waals surface area contributed by atoms with E-state index in [-0.39, 0.29) is 53.3 Å². The van der Waals surface area contributed by atoms with Gasteiger partial charge in [-0.3, -0.25) is 19.2 Å². The van der Waals surface area contributed by atoms with Gasteiger partial charge in [0.15, 0.2) is 0 Å². The van der Waals surface area contributed by atoms with Gasteiger partial charge < -0.3 is 0 Å². The summed E-state index contributed by atoms with van der Waals surface area (Å²) in [6, 6.07) is 0. The molecule has 0 fully saturated rings. The fraction of sp³-hybridized carbons (Fsp3) is 0.862. The molecule has 4 nitrogen and oxygen atoms in total. The molecule has 0 aromatic carbocycles. The van der Waals surface area contributed by atoms with E-state index < -0.39 is 0 Å². The molecule has 34 heavy (non-hydrogen) atoms. The molecule has 0 heterocycles. The Kier molecular flexibility index (Phi) is 25.1. The van der Waals surface area contributed by atoms with Crippen LogP contribution in [0.2, 0.25) is 0 Å². The van der Waals surface area contributed by atoms with Crippen LogP contribution in [0.5, 0.6) is 0 Å². The molecule has 0 saturated heterocycles. The highest BCUT2D eigenvalue weighted by atomic mass is 35.5. The van der Waals surface area contributed by atoms with Crippen molar-refractivity contribution in [3.63, 3.8) is 0 Å². The van der Waals surface area contributed by atoms with Gasteiger partial charge in [-0.15, -0.1) is 0 Å². The van der Waals surface area contributed by atoms with E-state index >= 15 is 0 Å². The number of hydrogen-bond acceptors (Lipinski definition) is 4. The zero-order valence-electron chi connectivity index (χ0n) is 23.5. The zero-order chi connectivity index (χ0) is 26.8. The van der Waals surface area contributed by atoms with Gasteiger partial charge in [-0.25, -0.2) is 0 Å². The summed E-state index contributed by atoms with van der Waals surface area (Å²) in [7, 11) is 0. The van der Waals surface area contributed by atoms with Crippen LogP contribution >= 0.6 is 11.6 Å². The van der Waals surface area contributed by atoms with Crippen molar-refractivity contribution in [2.45, 2.75) is 141 Å². The van der Waals surface area contributed by atoms with Crippen molar-refractivity contribution in [1.82, 2.24) is 0 Å². The molecule has 0 aliphatic rings. The molecule has 0 radical (unpaired) electrons. The van der Waals surface area contributed by atoms with Crippen molar-refractivity contribution in [2.24, 2.45) is 22.7 Å². The minimum atomic E-state index is -0.304. The molecule has 0 saturated carbocycles. The summed E-state index contributed by atoms with van der Waals surface area (Å²) < 4.78 is 0. The highest BCUT2D eigenvalue weighted by Gasteiger charge is 2.31. The van der Waals surface area contributed by atoms with Crippen molar-refractivity contribution in [3.8, 4) is 0 Å². The number of Topliss-reactive ketones (excluding diaryl/α,β-unsaturated/α-hetero) is 3. The third kappa shape index (κ3) is 15.1. The largest absolute Gasteiger partial charge is 0.299 e. The molecular weight excluding hydrogens is 448 g/mol. The monoisotopic (exact) mass is 504 g/mol. The molecule has 0 aliphatic carbocycles. The first-order valence-electron chi connectivity index (χ1n) is 13.0. The SMILES string of the molecule is C.CCC(C)(CC)C(C)=O.CCC(CC)C(=O)CC(=O)C(C)(CC)CC.CCC(CC)C(=O)Cl. The molecule has 5 heteroatoms. The Labute approximate surface area is 217 Å². The van der Waals surface area contributed by atoms with E-state index in [0.717, 1.165) is 51.4 Å². The summed E-state index contributed by atoms with van der Waals surface area (Å²) in [6.07, 6.45) is 7.09. The third-order valence-corrected chi connectivity index (χ3v) is 8.04. The number of carbonyl (C=O) groups excluding carboxylic acids is 4. The summed E-state index contributed by atoms with van der Waals surface area (Å²) in [4.78, 5) is 45.2. The Balaban J connectivity index is -0.000000213. The van der Waals surface area contributed by atoms with Crippen LogP contribution in [0.4, 0.5) is 0 Å². The van der Waals surface area contributed by atoms with Crippen LogP contribution in [0.3, 0.4) is 0 Å². The number of ketones is 3. The van der Waals surface area contributed by atoms with Gasteiger partial charge in [0.1, 0.15) is 17.3 Å². The van der Waals surface area contributed by atoms with E-state index in [1.807, 2.05) is 55.4 Å². The Morgan fingerprint density at radius 1 is 0.647 bits per heavy atom. The first-order chi connectivity index (χ1) is 15.2. The topological polar surface area (TPSA) is 68.3 Å². The van der Waals surface area contributed by atoms with Gasteiger partial charge in [0, 0.05) is 22.7 Å². The van der Waals surface area contributed by atoms with Crippen molar-refractivity contribution >= 4 is 34.2 Å². The lowest BCUT2D eigenvalue weighted by molar-refractivity contribution is -0.135. The molecular formula is C29H57ClO4. The highest BCUT2D eigenvalue weighted by molar-refractivity contribution is 6.63. The maximum atomic E-state index is 12.1. The van der Waals surface area contributed by atoms with Crippen LogP contribution in [-0.2, 0) is 19.2 Å². The second-order valence-corrected chi connectivity index (χ2v) is 9.86. The van der Waals surface area contributed by atoms with Crippen LogP contribution in [0, 0.1) is 22.7 Å². The smallest absolute Gasteiger partial charge is 0.224 e. The van der Waals surface area contributed by atoms with E-state index in [1.165, 1.54) is 0 Å². The molecule has 0 spiro atoms. The predicted octanol–water partition coefficient (Wildman–Crippen LogP) is 9.00. The number of hydrogen-bond donors (Lipinski definition) is 0. The van der Waals surface area contributed by atoms with E-state index in [1.54, 1.807) is 6.92 Å². The van der Waals surface area contributed by atoms with Crippen LogP contribution in [0.15, 0.2) is 0 Å². The van der Waals surface area contributed by atoms with Gasteiger partial charge in [-0.1, -0.05) is 76.7 Å². The maximum Gasteiger partial charge on any atom is 0.224 e. The summed E-state index contributed by atoms with van der Waals surface area (Å²) in [6.45, 7) is 21.8. The van der Waals surface area contributed by atoms with Gasteiger partial charge in [0.2, 0.25) is 5.24 Å². The van der Waals surface area contributed by atoms with Gasteiger partial charge >= 0.3 is 0 Å². The summed E-state index contributed by atoms with van der Waals surface area (Å²) in [5.74, 6) is 0.712. The van der Waals surface area contributed by atoms with Crippen LogP contribution in [0.1, 0.15) is 141 Å². The summed E-state index contributed by atoms with van der Waals surface area (Å²) in [5.41, 5.74) is -0.359. The lowest BCUT2D eigenvalue weighted by atomic mass is 9.77. The van der Waals surface area contributed by atoms with E-state index in [9.17, 15) is 19.2 Å². The first kappa shape index (κ1) is 40.2. The second-order valence-electron chi connectivity index (χ2n) is 9.49. The van der Waals surface area contributed by atoms with Gasteiger partial charge in [0.25, 0.3) is 0 Å². The molecule has 0 aromatic heterocycles. The molecule has 0 aliphatic heterocycles. The van der Waals surface area contributed by atoms with Crippen molar-refractivity contribution in [3.05, 3.63) is 0 Å². The average molecular weight is 505 g/mol. The summed E-state index contributed by atoms with van der Waals surface area (Å²) >= 11 is 5.21. The van der Waals surface area contributed by atoms with Gasteiger partial charge in [0.05, 0.1) is 6.42 Å². The van der Waals surface area contributed by atoms with Crippen LogP contribution in [0.25, 0.3) is 0 Å². The second kappa shape index (κ2) is 21.3. The van der Waals surface area contributed by atoms with Crippen LogP contribution < -0.4 is 0 Å². The van der Waals surface area contributed by atoms with Crippen LogP contribution in [-0.4, -0.2) is 22.6 Å². The standard InChI is InChI=1S/C14H26O2.C8H16O.C6H11ClO.CH4/c1-6-11(7-2)12(15)10-13(16)14(5,8-3)9-4;1-5-8(4,6-2)7(3)9;1-3-5(4-2)6(7)8;/h11H,6-10H2,1-5H3;5-6H2,1-4H3;5H,3-4H2,1-2H3;1H4. The Morgan fingerprint density at radius 2 is 0.971 bits per heavy atom. The van der Waals surface area contributed by atoms with Crippen molar-refractivity contribution < 1.29 is 19.2 Å². The fourth-order valence-corrected chi connectivity index (χ4v) is 3.57. The average Bonchev–Trinajstić information content (AvgIpc) is 2.79. The maximum absolute atomic E-state index is 12.1. The van der Waals surface area contributed by atoms with Gasteiger partial charge in [-0.05, 0) is 69.9 Å². The Morgan fingerprint density at radius 3 is 1.12 bits per heavy atom. The van der Waals surface area contributed by atoms with Gasteiger partial charge in [-0.2, -0.15) is 0 Å². The quantitative estimate of drug-likeness (QED) is 0.175. The molecule has 0 amide bonds. The predicted molar refractivity (Wildman–Crippen MR) is 148 cm³/mol. The normalized spacial score (nSPS) is 11.0. The Hall–Kier alpha value is -1.03. The lowest BCUT2D eigenvalue weighted by Crippen LogP contribution is -2.30. The lowest BCUT2D eigenvalue weighted by Gasteiger charge is -2.25. The fourth-order valence-electron chi connectivity index (χ4n) is 3.26. The molecule has 0 aromatic rings. The first-order valence-corrected chi connectivity index (χ1v) is 13.4. The van der Waals surface area contributed by atoms with Crippen molar-refractivity contribution in [1.29, 1.82) is 0 Å². The zero-order valence-corrected chi connectivity index (χ0v) is 24.3. The van der Waals surface area contributed by atoms with Crippen molar-refractivity contribution in [2.75, 3.05) is 0 Å². The minimum Gasteiger partial charge on any atom is -0.299 e. The molecule has 0 bridgehead atoms. The minimum absolute atomic E-state index is 0. The number of rotatable bonds is 14. The third-order valence-electron chi connectivity index (χ3n) is 7.73. The molecule has 0 unspecified atom stereocenters. The molecule has 0 rings (SSSR count). The molecule has 0 N–H and O–H groups in total. The molecule has 204 valence electrons. The highest BCUT2D eigenvalue weighted by Crippen LogP contribution is 2.29. The number of halogens is 1. The van der Waals surface area contributed by atoms with E-state index in [0.29, 0.717) is 5.78 Å². The van der Waals surface area contributed by atoms with E-state index in [4.69, 9.17) is 11.6 Å². The molecule has 0 atom stereocenters. The summed E-state index contributed by atoms with van der Waals surface area (Å²) in [5, 5.41) is -0.199.